The Hall–Kier alpha value is -1.96. The van der Waals surface area contributed by atoms with E-state index in [0.717, 1.165) is 0 Å². The third-order valence-corrected chi connectivity index (χ3v) is 2.16. The topological polar surface area (TPSA) is 65.0 Å². The molecule has 0 radical (unpaired) electrons. The predicted octanol–water partition coefficient (Wildman–Crippen LogP) is 2.35. The van der Waals surface area contributed by atoms with Crippen molar-refractivity contribution in [2.45, 2.75) is 6.18 Å². The van der Waals surface area contributed by atoms with Crippen LogP contribution >= 0.6 is 0 Å². The Labute approximate surface area is 112 Å². The van der Waals surface area contributed by atoms with Crippen molar-refractivity contribution in [1.82, 2.24) is 0 Å². The minimum absolute atomic E-state index is 0.0167. The third kappa shape index (κ3) is 5.35. The molecule has 0 aliphatic carbocycles. The summed E-state index contributed by atoms with van der Waals surface area (Å²) in [5, 5.41) is 8.83. The number of carboxylic acids is 1. The number of aromatic carboxylic acids is 1. The largest absolute Gasteiger partial charge is 0.493 e. The van der Waals surface area contributed by atoms with Gasteiger partial charge >= 0.3 is 12.1 Å². The van der Waals surface area contributed by atoms with E-state index < -0.39 is 18.8 Å². The monoisotopic (exact) mass is 294 g/mol. The average molecular weight is 294 g/mol. The van der Waals surface area contributed by atoms with Crippen LogP contribution in [0.1, 0.15) is 10.4 Å². The van der Waals surface area contributed by atoms with Gasteiger partial charge in [-0.3, -0.25) is 0 Å². The number of rotatable bonds is 7. The molecule has 0 saturated carbocycles. The van der Waals surface area contributed by atoms with Crippen molar-refractivity contribution in [3.63, 3.8) is 0 Å². The van der Waals surface area contributed by atoms with E-state index in [-0.39, 0.29) is 30.3 Å². The van der Waals surface area contributed by atoms with Crippen LogP contribution in [0.2, 0.25) is 0 Å². The first-order chi connectivity index (χ1) is 9.33. The van der Waals surface area contributed by atoms with E-state index in [1.807, 2.05) is 0 Å². The van der Waals surface area contributed by atoms with Gasteiger partial charge in [-0.25, -0.2) is 4.79 Å². The summed E-state index contributed by atoms with van der Waals surface area (Å²) in [5.74, 6) is -0.736. The highest BCUT2D eigenvalue weighted by Crippen LogP contribution is 2.28. The molecule has 0 aromatic heterocycles. The first-order valence-electron chi connectivity index (χ1n) is 5.52. The normalized spacial score (nSPS) is 11.2. The van der Waals surface area contributed by atoms with Crippen molar-refractivity contribution in [3.8, 4) is 11.5 Å². The van der Waals surface area contributed by atoms with E-state index >= 15 is 0 Å². The number of alkyl halides is 3. The molecule has 5 nitrogen and oxygen atoms in total. The van der Waals surface area contributed by atoms with Crippen LogP contribution in [-0.2, 0) is 4.74 Å². The van der Waals surface area contributed by atoms with Gasteiger partial charge < -0.3 is 19.3 Å². The van der Waals surface area contributed by atoms with E-state index in [4.69, 9.17) is 14.6 Å². The molecule has 0 spiro atoms. The van der Waals surface area contributed by atoms with Crippen LogP contribution in [0, 0.1) is 0 Å². The van der Waals surface area contributed by atoms with E-state index in [2.05, 4.69) is 4.74 Å². The number of carbonyl (C=O) groups is 1. The molecule has 0 atom stereocenters. The second-order valence-corrected chi connectivity index (χ2v) is 3.69. The Kier molecular flexibility index (Phi) is 5.63. The minimum Gasteiger partial charge on any atom is -0.493 e. The highest BCUT2D eigenvalue weighted by Gasteiger charge is 2.27. The molecule has 20 heavy (non-hydrogen) atoms. The summed E-state index contributed by atoms with van der Waals surface area (Å²) in [4.78, 5) is 10.8. The summed E-state index contributed by atoms with van der Waals surface area (Å²) in [6.07, 6.45) is -4.39. The number of benzene rings is 1. The summed E-state index contributed by atoms with van der Waals surface area (Å²) >= 11 is 0. The maximum atomic E-state index is 11.8. The Morgan fingerprint density at radius 3 is 2.50 bits per heavy atom. The minimum atomic E-state index is -4.39. The maximum absolute atomic E-state index is 11.8. The van der Waals surface area contributed by atoms with Gasteiger partial charge in [-0.15, -0.1) is 0 Å². The van der Waals surface area contributed by atoms with Crippen molar-refractivity contribution >= 4 is 5.97 Å². The summed E-state index contributed by atoms with van der Waals surface area (Å²) < 4.78 is 49.9. The number of carboxylic acid groups (broad SMARTS) is 1. The number of halogens is 3. The van der Waals surface area contributed by atoms with Gasteiger partial charge in [0, 0.05) is 0 Å². The molecule has 0 saturated heterocycles. The van der Waals surface area contributed by atoms with Gasteiger partial charge in [0.15, 0.2) is 11.5 Å². The van der Waals surface area contributed by atoms with E-state index in [9.17, 15) is 18.0 Å². The molecule has 1 aromatic carbocycles. The predicted molar refractivity (Wildman–Crippen MR) is 62.3 cm³/mol. The fourth-order valence-corrected chi connectivity index (χ4v) is 1.32. The summed E-state index contributed by atoms with van der Waals surface area (Å²) in [6, 6.07) is 3.95. The van der Waals surface area contributed by atoms with Crippen molar-refractivity contribution < 1.29 is 37.3 Å². The zero-order valence-corrected chi connectivity index (χ0v) is 10.6. The summed E-state index contributed by atoms with van der Waals surface area (Å²) in [5.41, 5.74) is -0.0167. The molecule has 0 amide bonds. The summed E-state index contributed by atoms with van der Waals surface area (Å²) in [6.45, 7) is -1.79. The molecule has 0 fully saturated rings. The van der Waals surface area contributed by atoms with Crippen LogP contribution in [0.25, 0.3) is 0 Å². The Morgan fingerprint density at radius 1 is 1.25 bits per heavy atom. The lowest BCUT2D eigenvalue weighted by Gasteiger charge is -2.12. The number of hydrogen-bond acceptors (Lipinski definition) is 4. The van der Waals surface area contributed by atoms with Gasteiger partial charge in [-0.05, 0) is 18.2 Å². The van der Waals surface area contributed by atoms with Crippen LogP contribution in [0.15, 0.2) is 18.2 Å². The molecule has 0 bridgehead atoms. The van der Waals surface area contributed by atoms with E-state index in [0.29, 0.717) is 0 Å². The quantitative estimate of drug-likeness (QED) is 0.782. The van der Waals surface area contributed by atoms with Crippen molar-refractivity contribution in [2.75, 3.05) is 26.9 Å². The van der Waals surface area contributed by atoms with Crippen molar-refractivity contribution in [3.05, 3.63) is 23.8 Å². The third-order valence-electron chi connectivity index (χ3n) is 2.16. The highest BCUT2D eigenvalue weighted by atomic mass is 19.4. The Morgan fingerprint density at radius 2 is 1.95 bits per heavy atom. The Bertz CT molecular complexity index is 459. The zero-order valence-electron chi connectivity index (χ0n) is 10.6. The maximum Gasteiger partial charge on any atom is 0.411 e. The van der Waals surface area contributed by atoms with E-state index in [1.165, 1.54) is 25.3 Å². The van der Waals surface area contributed by atoms with Gasteiger partial charge in [-0.2, -0.15) is 13.2 Å². The summed E-state index contributed by atoms with van der Waals surface area (Å²) in [7, 11) is 1.36. The van der Waals surface area contributed by atoms with Gasteiger partial charge in [0.1, 0.15) is 13.2 Å². The number of methoxy groups -OCH3 is 1. The molecule has 1 rings (SSSR count). The molecular weight excluding hydrogens is 281 g/mol. The zero-order chi connectivity index (χ0) is 15.2. The molecule has 0 heterocycles. The lowest BCUT2D eigenvalue weighted by atomic mass is 10.2. The van der Waals surface area contributed by atoms with Gasteiger partial charge in [0.05, 0.1) is 19.3 Å². The standard InChI is InChI=1S/C12H13F3O5/c1-18-9-3-2-8(11(16)17)6-10(9)20-5-4-19-7-12(13,14)15/h2-3,6H,4-5,7H2,1H3,(H,16,17). The first-order valence-corrected chi connectivity index (χ1v) is 5.52. The fraction of sp³-hybridized carbons (Fsp3) is 0.417. The first kappa shape index (κ1) is 16.1. The van der Waals surface area contributed by atoms with Gasteiger partial charge in [0.2, 0.25) is 0 Å². The van der Waals surface area contributed by atoms with E-state index in [1.54, 1.807) is 0 Å². The lowest BCUT2D eigenvalue weighted by Crippen LogP contribution is -2.19. The molecule has 0 aliphatic rings. The molecule has 0 aliphatic heterocycles. The Balaban J connectivity index is 2.53. The lowest BCUT2D eigenvalue weighted by molar-refractivity contribution is -0.175. The van der Waals surface area contributed by atoms with Crippen LogP contribution in [0.4, 0.5) is 13.2 Å². The molecule has 112 valence electrons. The van der Waals surface area contributed by atoms with Crippen LogP contribution in [0.3, 0.4) is 0 Å². The fourth-order valence-electron chi connectivity index (χ4n) is 1.32. The average Bonchev–Trinajstić information content (AvgIpc) is 2.36. The smallest absolute Gasteiger partial charge is 0.411 e. The number of ether oxygens (including phenoxy) is 3. The van der Waals surface area contributed by atoms with Gasteiger partial charge in [0.25, 0.3) is 0 Å². The second-order valence-electron chi connectivity index (χ2n) is 3.69. The molecular formula is C12H13F3O5. The molecule has 1 N–H and O–H groups in total. The second kappa shape index (κ2) is 6.99. The van der Waals surface area contributed by atoms with Crippen LogP contribution in [-0.4, -0.2) is 44.2 Å². The molecule has 1 aromatic rings. The van der Waals surface area contributed by atoms with Crippen LogP contribution < -0.4 is 9.47 Å². The van der Waals surface area contributed by atoms with Gasteiger partial charge in [-0.1, -0.05) is 0 Å². The SMILES string of the molecule is COc1ccc(C(=O)O)cc1OCCOCC(F)(F)F. The van der Waals surface area contributed by atoms with Crippen molar-refractivity contribution in [2.24, 2.45) is 0 Å². The van der Waals surface area contributed by atoms with Crippen molar-refractivity contribution in [1.29, 1.82) is 0 Å². The molecule has 8 heteroatoms. The highest BCUT2D eigenvalue weighted by molar-refractivity contribution is 5.88. The van der Waals surface area contributed by atoms with Crippen LogP contribution in [0.5, 0.6) is 11.5 Å². The number of hydrogen-bond donors (Lipinski definition) is 1. The molecule has 0 unspecified atom stereocenters.